The van der Waals surface area contributed by atoms with Gasteiger partial charge in [-0.1, -0.05) is 19.9 Å². The van der Waals surface area contributed by atoms with Crippen LogP contribution in [0.1, 0.15) is 25.0 Å². The number of alkyl halides is 5. The van der Waals surface area contributed by atoms with Gasteiger partial charge in [-0.05, 0) is 30.2 Å². The van der Waals surface area contributed by atoms with E-state index in [-0.39, 0.29) is 17.7 Å². The van der Waals surface area contributed by atoms with Crippen molar-refractivity contribution in [3.63, 3.8) is 0 Å². The van der Waals surface area contributed by atoms with Gasteiger partial charge in [0.15, 0.2) is 0 Å². The normalized spacial score (nSPS) is 12.1. The molecule has 3 aromatic rings. The van der Waals surface area contributed by atoms with Crippen LogP contribution >= 0.6 is 0 Å². The van der Waals surface area contributed by atoms with E-state index in [9.17, 15) is 31.5 Å². The second kappa shape index (κ2) is 9.20. The van der Waals surface area contributed by atoms with Gasteiger partial charge in [0.2, 0.25) is 11.8 Å². The third-order valence-electron chi connectivity index (χ3n) is 4.94. The number of rotatable bonds is 7. The molecule has 0 aliphatic heterocycles. The molecule has 0 aliphatic rings. The molecule has 3 N–H and O–H groups in total. The molecular weight excluding hydrogens is 463 g/mol. The predicted molar refractivity (Wildman–Crippen MR) is 112 cm³/mol. The van der Waals surface area contributed by atoms with Crippen LogP contribution in [-0.2, 0) is 17.4 Å². The van der Waals surface area contributed by atoms with E-state index >= 15 is 0 Å². The maximum Gasteiger partial charge on any atom is 0.417 e. The molecular formula is C22H19F5N4O3. The minimum Gasteiger partial charge on any atom is -0.417 e. The van der Waals surface area contributed by atoms with E-state index in [1.165, 1.54) is 18.2 Å². The Morgan fingerprint density at radius 3 is 2.47 bits per heavy atom. The lowest BCUT2D eigenvalue weighted by atomic mass is 9.84. The zero-order valence-electron chi connectivity index (χ0n) is 17.9. The molecule has 0 saturated heterocycles. The number of ether oxygens (including phenoxy) is 1. The number of hydrogen-bond acceptors (Lipinski definition) is 5. The van der Waals surface area contributed by atoms with Crippen molar-refractivity contribution in [1.82, 2.24) is 15.0 Å². The Kier molecular flexibility index (Phi) is 6.71. The summed E-state index contributed by atoms with van der Waals surface area (Å²) in [7, 11) is 0. The third kappa shape index (κ3) is 5.74. The number of pyridine rings is 1. The third-order valence-corrected chi connectivity index (χ3v) is 4.94. The molecule has 2 aromatic heterocycles. The lowest BCUT2D eigenvalue weighted by Gasteiger charge is -2.21. The molecule has 0 unspecified atom stereocenters. The summed E-state index contributed by atoms with van der Waals surface area (Å²) in [6.45, 7) is -0.0431. The van der Waals surface area contributed by atoms with Crippen molar-refractivity contribution in [3.8, 4) is 28.5 Å². The van der Waals surface area contributed by atoms with E-state index in [1.807, 2.05) is 0 Å². The fourth-order valence-corrected chi connectivity index (χ4v) is 3.20. The number of hydrogen-bond donors (Lipinski definition) is 2. The molecule has 180 valence electrons. The van der Waals surface area contributed by atoms with Crippen molar-refractivity contribution in [2.75, 3.05) is 0 Å². The number of aromatic nitrogens is 3. The van der Waals surface area contributed by atoms with E-state index in [2.05, 4.69) is 19.7 Å². The maximum absolute atomic E-state index is 13.7. The molecule has 0 aliphatic carbocycles. The van der Waals surface area contributed by atoms with Gasteiger partial charge in [-0.25, -0.2) is 9.97 Å². The molecule has 0 atom stereocenters. The van der Waals surface area contributed by atoms with Crippen molar-refractivity contribution >= 4 is 5.91 Å². The van der Waals surface area contributed by atoms with Crippen LogP contribution in [0.15, 0.2) is 47.4 Å². The summed E-state index contributed by atoms with van der Waals surface area (Å²) in [5.74, 6) is -1.49. The molecule has 0 fully saturated rings. The van der Waals surface area contributed by atoms with Crippen LogP contribution in [0.4, 0.5) is 22.0 Å². The summed E-state index contributed by atoms with van der Waals surface area (Å²) in [4.78, 5) is 34.0. The van der Waals surface area contributed by atoms with E-state index in [4.69, 9.17) is 5.73 Å². The minimum atomic E-state index is -4.78. The van der Waals surface area contributed by atoms with E-state index in [1.54, 1.807) is 13.8 Å². The molecule has 0 saturated carbocycles. The topological polar surface area (TPSA) is 111 Å². The van der Waals surface area contributed by atoms with E-state index < -0.39 is 52.5 Å². The van der Waals surface area contributed by atoms with Gasteiger partial charge in [-0.3, -0.25) is 9.59 Å². The Bertz CT molecular complexity index is 1270. The van der Waals surface area contributed by atoms with Crippen LogP contribution in [-0.4, -0.2) is 27.5 Å². The largest absolute Gasteiger partial charge is 0.417 e. The van der Waals surface area contributed by atoms with Crippen LogP contribution < -0.4 is 16.0 Å². The number of carbonyl (C=O) groups excluding carboxylic acids is 1. The standard InChI is InChI=1S/C22H19F5N4O3/c1-21(2,19(28)33)10-11-3-4-14(22(25,26)27)13(7-11)18-30-15(9-16(32)31-18)12-5-6-29-17(8-12)34-20(23)24/h3-9,20H,10H2,1-2H3,(H2,28,33)(H,30,31,32). The SMILES string of the molecule is CC(C)(Cc1ccc(C(F)(F)F)c(-c2nc(-c3ccnc(OC(F)F)c3)cc(=O)[nH]2)c1)C(N)=O. The van der Waals surface area contributed by atoms with Gasteiger partial charge in [0.1, 0.15) is 5.82 Å². The Morgan fingerprint density at radius 1 is 1.15 bits per heavy atom. The van der Waals surface area contributed by atoms with Crippen molar-refractivity contribution in [2.24, 2.45) is 11.1 Å². The lowest BCUT2D eigenvalue weighted by molar-refractivity contribution is -0.137. The molecule has 1 amide bonds. The highest BCUT2D eigenvalue weighted by atomic mass is 19.4. The van der Waals surface area contributed by atoms with Gasteiger partial charge in [-0.2, -0.15) is 22.0 Å². The van der Waals surface area contributed by atoms with Crippen LogP contribution in [0, 0.1) is 5.41 Å². The molecule has 2 heterocycles. The summed E-state index contributed by atoms with van der Waals surface area (Å²) in [5.41, 5.74) is 2.45. The average Bonchev–Trinajstić information content (AvgIpc) is 2.72. The zero-order valence-corrected chi connectivity index (χ0v) is 17.9. The number of primary amides is 1. The quantitative estimate of drug-likeness (QED) is 0.491. The Morgan fingerprint density at radius 2 is 1.85 bits per heavy atom. The first-order chi connectivity index (χ1) is 15.8. The van der Waals surface area contributed by atoms with Crippen LogP contribution in [0.5, 0.6) is 5.88 Å². The molecule has 1 aromatic carbocycles. The number of halogens is 5. The predicted octanol–water partition coefficient (Wildman–Crippen LogP) is 4.17. The number of amides is 1. The number of nitrogens with two attached hydrogens (primary N) is 1. The molecule has 0 bridgehead atoms. The second-order valence-corrected chi connectivity index (χ2v) is 8.04. The zero-order chi connectivity index (χ0) is 25.3. The van der Waals surface area contributed by atoms with Gasteiger partial charge in [0, 0.05) is 34.9 Å². The number of benzene rings is 1. The second-order valence-electron chi connectivity index (χ2n) is 8.04. The monoisotopic (exact) mass is 482 g/mol. The maximum atomic E-state index is 13.7. The number of carbonyl (C=O) groups is 1. The summed E-state index contributed by atoms with van der Waals surface area (Å²) in [6, 6.07) is 6.63. The Hall–Kier alpha value is -3.83. The first-order valence-corrected chi connectivity index (χ1v) is 9.79. The number of aromatic amines is 1. The van der Waals surface area contributed by atoms with Crippen molar-refractivity contribution < 1.29 is 31.5 Å². The Labute approximate surface area is 189 Å². The highest BCUT2D eigenvalue weighted by Crippen LogP contribution is 2.37. The summed E-state index contributed by atoms with van der Waals surface area (Å²) in [5, 5.41) is 0. The van der Waals surface area contributed by atoms with E-state index in [0.29, 0.717) is 5.56 Å². The lowest BCUT2D eigenvalue weighted by Crippen LogP contribution is -2.33. The molecule has 3 rings (SSSR count). The smallest absolute Gasteiger partial charge is 0.417 e. The summed E-state index contributed by atoms with van der Waals surface area (Å²) in [6.07, 6.45) is -3.62. The van der Waals surface area contributed by atoms with Gasteiger partial charge in [-0.15, -0.1) is 0 Å². The summed E-state index contributed by atoms with van der Waals surface area (Å²) >= 11 is 0. The van der Waals surface area contributed by atoms with Crippen LogP contribution in [0.2, 0.25) is 0 Å². The van der Waals surface area contributed by atoms with Crippen LogP contribution in [0.3, 0.4) is 0 Å². The van der Waals surface area contributed by atoms with Gasteiger partial charge in [0.05, 0.1) is 11.3 Å². The van der Waals surface area contributed by atoms with Crippen molar-refractivity contribution in [2.45, 2.75) is 33.1 Å². The number of H-pyrrole nitrogens is 1. The molecule has 34 heavy (non-hydrogen) atoms. The van der Waals surface area contributed by atoms with Gasteiger partial charge >= 0.3 is 12.8 Å². The van der Waals surface area contributed by atoms with E-state index in [0.717, 1.165) is 24.4 Å². The molecule has 0 radical (unpaired) electrons. The van der Waals surface area contributed by atoms with Crippen molar-refractivity contribution in [1.29, 1.82) is 0 Å². The van der Waals surface area contributed by atoms with Gasteiger partial charge in [0.25, 0.3) is 5.56 Å². The number of nitrogens with one attached hydrogen (secondary N) is 1. The molecule has 7 nitrogen and oxygen atoms in total. The fourth-order valence-electron chi connectivity index (χ4n) is 3.20. The minimum absolute atomic E-state index is 0.0378. The van der Waals surface area contributed by atoms with Crippen molar-refractivity contribution in [3.05, 3.63) is 64.1 Å². The van der Waals surface area contributed by atoms with Gasteiger partial charge < -0.3 is 15.5 Å². The molecule has 12 heteroatoms. The van der Waals surface area contributed by atoms with Crippen LogP contribution in [0.25, 0.3) is 22.6 Å². The Balaban J connectivity index is 2.15. The molecule has 0 spiro atoms. The number of nitrogens with zero attached hydrogens (tertiary/aromatic N) is 2. The summed E-state index contributed by atoms with van der Waals surface area (Å²) < 4.78 is 70.4. The fraction of sp³-hybridized carbons (Fsp3) is 0.273. The average molecular weight is 482 g/mol. The highest BCUT2D eigenvalue weighted by molar-refractivity contribution is 5.80. The first kappa shape index (κ1) is 24.8. The first-order valence-electron chi connectivity index (χ1n) is 9.79. The highest BCUT2D eigenvalue weighted by Gasteiger charge is 2.35.